The first-order valence-electron chi connectivity index (χ1n) is 10.6. The second kappa shape index (κ2) is 11.2. The van der Waals surface area contributed by atoms with Gasteiger partial charge in [-0.25, -0.2) is 4.99 Å². The highest BCUT2D eigenvalue weighted by Crippen LogP contribution is 2.30. The maximum Gasteiger partial charge on any atom is 0.252 e. The van der Waals surface area contributed by atoms with E-state index < -0.39 is 0 Å². The Morgan fingerprint density at radius 1 is 1.20 bits per heavy atom. The van der Waals surface area contributed by atoms with Crippen LogP contribution in [-0.2, 0) is 6.54 Å². The number of ether oxygens (including phenoxy) is 1. The lowest BCUT2D eigenvalue weighted by Crippen LogP contribution is -2.41. The van der Waals surface area contributed by atoms with Gasteiger partial charge in [-0.1, -0.05) is 12.1 Å². The van der Waals surface area contributed by atoms with Crippen LogP contribution in [0.5, 0.6) is 5.75 Å². The Hall–Kier alpha value is -3.09. The van der Waals surface area contributed by atoms with Crippen LogP contribution in [-0.4, -0.2) is 43.1 Å². The van der Waals surface area contributed by atoms with E-state index in [1.54, 1.807) is 24.5 Å². The average Bonchev–Trinajstić information content (AvgIpc) is 3.59. The number of pyridine rings is 1. The van der Waals surface area contributed by atoms with Crippen LogP contribution in [0.15, 0.2) is 47.7 Å². The van der Waals surface area contributed by atoms with E-state index in [0.29, 0.717) is 37.1 Å². The van der Waals surface area contributed by atoms with E-state index in [1.807, 2.05) is 6.92 Å². The molecule has 160 valence electrons. The lowest BCUT2D eigenvalue weighted by molar-refractivity contribution is 0.0954. The number of hydrogen-bond donors (Lipinski definition) is 3. The highest BCUT2D eigenvalue weighted by molar-refractivity contribution is 5.93. The predicted molar refractivity (Wildman–Crippen MR) is 119 cm³/mol. The number of nitrogens with zero attached hydrogens (tertiary/aromatic N) is 2. The van der Waals surface area contributed by atoms with Crippen LogP contribution in [0.2, 0.25) is 0 Å². The van der Waals surface area contributed by atoms with Gasteiger partial charge in [-0.2, -0.15) is 0 Å². The van der Waals surface area contributed by atoms with Gasteiger partial charge in [0.15, 0.2) is 5.96 Å². The zero-order valence-corrected chi connectivity index (χ0v) is 17.8. The molecule has 1 fully saturated rings. The second-order valence-electron chi connectivity index (χ2n) is 7.49. The molecule has 1 aliphatic rings. The molecule has 0 spiro atoms. The van der Waals surface area contributed by atoms with Gasteiger partial charge in [0, 0.05) is 37.6 Å². The summed E-state index contributed by atoms with van der Waals surface area (Å²) in [5, 5.41) is 9.37. The maximum absolute atomic E-state index is 12.1. The fraction of sp³-hybridized carbons (Fsp3) is 0.435. The number of rotatable bonds is 10. The van der Waals surface area contributed by atoms with Gasteiger partial charge in [0.1, 0.15) is 5.75 Å². The van der Waals surface area contributed by atoms with Gasteiger partial charge in [0.2, 0.25) is 0 Å². The summed E-state index contributed by atoms with van der Waals surface area (Å²) in [5.74, 6) is 2.21. The standard InChI is InChI=1S/C23H31N5O2/c1-3-25-23(27-12-11-26-22(29)20-5-4-10-24-14-20)28-15-19-9-6-17(2)13-21(19)30-16-18-7-8-18/h4-6,9-10,13-14,18H,3,7-8,11-12,15-16H2,1-2H3,(H,26,29)(H2,25,27,28). The molecule has 3 N–H and O–H groups in total. The van der Waals surface area contributed by atoms with E-state index in [9.17, 15) is 4.79 Å². The Balaban J connectivity index is 1.51. The Morgan fingerprint density at radius 2 is 2.03 bits per heavy atom. The topological polar surface area (TPSA) is 87.6 Å². The fourth-order valence-corrected chi connectivity index (χ4v) is 2.88. The molecule has 0 radical (unpaired) electrons. The van der Waals surface area contributed by atoms with Gasteiger partial charge < -0.3 is 20.7 Å². The second-order valence-corrected chi connectivity index (χ2v) is 7.49. The Morgan fingerprint density at radius 3 is 2.77 bits per heavy atom. The molecule has 1 amide bonds. The molecule has 0 bridgehead atoms. The quantitative estimate of drug-likeness (QED) is 0.319. The first-order chi connectivity index (χ1) is 14.7. The molecule has 7 nitrogen and oxygen atoms in total. The number of aliphatic imine (C=N–C) groups is 1. The smallest absolute Gasteiger partial charge is 0.252 e. The Bertz CT molecular complexity index is 850. The van der Waals surface area contributed by atoms with Crippen molar-refractivity contribution in [3.05, 3.63) is 59.4 Å². The van der Waals surface area contributed by atoms with Crippen LogP contribution in [0.1, 0.15) is 41.3 Å². The number of guanidine groups is 1. The molecule has 1 heterocycles. The number of nitrogens with one attached hydrogen (secondary N) is 3. The van der Waals surface area contributed by atoms with Crippen molar-refractivity contribution < 1.29 is 9.53 Å². The Kier molecular flexibility index (Phi) is 8.06. The monoisotopic (exact) mass is 409 g/mol. The van der Waals surface area contributed by atoms with E-state index in [1.165, 1.54) is 18.4 Å². The van der Waals surface area contributed by atoms with Crippen LogP contribution in [0, 0.1) is 12.8 Å². The van der Waals surface area contributed by atoms with E-state index in [-0.39, 0.29) is 5.91 Å². The molecule has 3 rings (SSSR count). The molecule has 1 saturated carbocycles. The van der Waals surface area contributed by atoms with Crippen LogP contribution >= 0.6 is 0 Å². The number of aromatic nitrogens is 1. The van der Waals surface area contributed by atoms with Gasteiger partial charge in [0.05, 0.1) is 18.7 Å². The third-order valence-corrected chi connectivity index (χ3v) is 4.77. The minimum Gasteiger partial charge on any atom is -0.493 e. The summed E-state index contributed by atoms with van der Waals surface area (Å²) in [4.78, 5) is 20.7. The molecule has 0 unspecified atom stereocenters. The van der Waals surface area contributed by atoms with Gasteiger partial charge in [-0.05, 0) is 56.4 Å². The van der Waals surface area contributed by atoms with E-state index in [4.69, 9.17) is 4.74 Å². The zero-order valence-electron chi connectivity index (χ0n) is 17.8. The van der Waals surface area contributed by atoms with Crippen LogP contribution in [0.25, 0.3) is 0 Å². The van der Waals surface area contributed by atoms with Gasteiger partial charge in [0.25, 0.3) is 5.91 Å². The van der Waals surface area contributed by atoms with Crippen molar-refractivity contribution in [2.75, 3.05) is 26.2 Å². The lowest BCUT2D eigenvalue weighted by Gasteiger charge is -2.14. The van der Waals surface area contributed by atoms with Crippen molar-refractivity contribution in [3.63, 3.8) is 0 Å². The molecular formula is C23H31N5O2. The van der Waals surface area contributed by atoms with E-state index in [0.717, 1.165) is 24.5 Å². The molecule has 7 heteroatoms. The number of amides is 1. The summed E-state index contributed by atoms with van der Waals surface area (Å²) in [6.07, 6.45) is 5.74. The van der Waals surface area contributed by atoms with Gasteiger partial charge in [-0.3, -0.25) is 9.78 Å². The summed E-state index contributed by atoms with van der Waals surface area (Å²) in [7, 11) is 0. The summed E-state index contributed by atoms with van der Waals surface area (Å²) >= 11 is 0. The van der Waals surface area contributed by atoms with Crippen LogP contribution < -0.4 is 20.7 Å². The predicted octanol–water partition coefficient (Wildman–Crippen LogP) is 2.66. The maximum atomic E-state index is 12.1. The minimum atomic E-state index is -0.135. The van der Waals surface area contributed by atoms with Gasteiger partial charge in [-0.15, -0.1) is 0 Å². The molecule has 0 aliphatic heterocycles. The highest BCUT2D eigenvalue weighted by Gasteiger charge is 2.22. The molecule has 1 aromatic carbocycles. The summed E-state index contributed by atoms with van der Waals surface area (Å²) in [6, 6.07) is 9.74. The minimum absolute atomic E-state index is 0.135. The van der Waals surface area contributed by atoms with E-state index in [2.05, 4.69) is 51.0 Å². The number of aryl methyl sites for hydroxylation is 1. The summed E-state index contributed by atoms with van der Waals surface area (Å²) in [6.45, 7) is 7.22. The SMILES string of the molecule is CCNC(=NCc1ccc(C)cc1OCC1CC1)NCCNC(=O)c1cccnc1. The number of carbonyl (C=O) groups excluding carboxylic acids is 1. The van der Waals surface area contributed by atoms with Crippen molar-refractivity contribution in [2.24, 2.45) is 10.9 Å². The normalized spacial score (nSPS) is 13.6. The van der Waals surface area contributed by atoms with E-state index >= 15 is 0 Å². The highest BCUT2D eigenvalue weighted by atomic mass is 16.5. The first-order valence-corrected chi connectivity index (χ1v) is 10.6. The number of carbonyl (C=O) groups is 1. The molecular weight excluding hydrogens is 378 g/mol. The van der Waals surface area contributed by atoms with Crippen LogP contribution in [0.4, 0.5) is 0 Å². The van der Waals surface area contributed by atoms with Crippen LogP contribution in [0.3, 0.4) is 0 Å². The van der Waals surface area contributed by atoms with Crippen molar-refractivity contribution in [2.45, 2.75) is 33.2 Å². The van der Waals surface area contributed by atoms with Crippen molar-refractivity contribution in [3.8, 4) is 5.75 Å². The third kappa shape index (κ3) is 7.06. The third-order valence-electron chi connectivity index (χ3n) is 4.77. The largest absolute Gasteiger partial charge is 0.493 e. The van der Waals surface area contributed by atoms with Crippen molar-refractivity contribution in [1.82, 2.24) is 20.9 Å². The number of benzene rings is 1. The molecule has 30 heavy (non-hydrogen) atoms. The fourth-order valence-electron chi connectivity index (χ4n) is 2.88. The number of hydrogen-bond acceptors (Lipinski definition) is 4. The zero-order chi connectivity index (χ0) is 21.2. The summed E-state index contributed by atoms with van der Waals surface area (Å²) in [5.41, 5.74) is 2.81. The molecule has 1 aliphatic carbocycles. The molecule has 0 saturated heterocycles. The summed E-state index contributed by atoms with van der Waals surface area (Å²) < 4.78 is 6.04. The first kappa shape index (κ1) is 21.6. The molecule has 1 aromatic heterocycles. The average molecular weight is 410 g/mol. The van der Waals surface area contributed by atoms with Crippen molar-refractivity contribution >= 4 is 11.9 Å². The molecule has 2 aromatic rings. The van der Waals surface area contributed by atoms with Gasteiger partial charge >= 0.3 is 0 Å². The Labute approximate surface area is 178 Å². The lowest BCUT2D eigenvalue weighted by atomic mass is 10.1. The molecule has 0 atom stereocenters. The van der Waals surface area contributed by atoms with Crippen molar-refractivity contribution in [1.29, 1.82) is 0 Å².